The van der Waals surface area contributed by atoms with Crippen molar-refractivity contribution in [2.75, 3.05) is 24.3 Å². The van der Waals surface area contributed by atoms with Gasteiger partial charge in [-0.2, -0.15) is 0 Å². The smallest absolute Gasteiger partial charge is 0.313 e. The molecule has 2 aromatic carbocycles. The van der Waals surface area contributed by atoms with Crippen LogP contribution in [0.1, 0.15) is 15.9 Å². The Labute approximate surface area is 151 Å². The third-order valence-electron chi connectivity index (χ3n) is 4.35. The van der Waals surface area contributed by atoms with E-state index in [2.05, 4.69) is 10.6 Å². The van der Waals surface area contributed by atoms with Gasteiger partial charge in [0.25, 0.3) is 11.8 Å². The zero-order valence-electron chi connectivity index (χ0n) is 14.8. The highest BCUT2D eigenvalue weighted by Gasteiger charge is 2.37. The van der Waals surface area contributed by atoms with Crippen molar-refractivity contribution in [3.8, 4) is 0 Å². The van der Waals surface area contributed by atoms with E-state index in [9.17, 15) is 14.4 Å². The number of aryl methyl sites for hydroxylation is 1. The van der Waals surface area contributed by atoms with Gasteiger partial charge < -0.3 is 20.4 Å². The lowest BCUT2D eigenvalue weighted by molar-refractivity contribution is -0.122. The van der Waals surface area contributed by atoms with Crippen LogP contribution in [0, 0.1) is 6.92 Å². The number of carbonyl (C=O) groups excluding carboxylic acids is 3. The molecule has 2 N–H and O–H groups in total. The number of urea groups is 1. The average Bonchev–Trinajstić information content (AvgIpc) is 2.70. The first kappa shape index (κ1) is 17.5. The van der Waals surface area contributed by atoms with Gasteiger partial charge >= 0.3 is 6.03 Å². The Kier molecular flexibility index (Phi) is 4.62. The molecule has 1 unspecified atom stereocenters. The van der Waals surface area contributed by atoms with Crippen LogP contribution in [0.4, 0.5) is 16.2 Å². The van der Waals surface area contributed by atoms with Gasteiger partial charge in [-0.15, -0.1) is 0 Å². The number of fused-ring (bicyclic) bond motifs is 1. The van der Waals surface area contributed by atoms with Gasteiger partial charge in [0.2, 0.25) is 0 Å². The molecule has 0 saturated carbocycles. The maximum Gasteiger partial charge on any atom is 0.321 e. The predicted octanol–water partition coefficient (Wildman–Crippen LogP) is 2.19. The standard InChI is InChI=1S/C19H20N4O3/c1-12-8-10-13(11-9-12)20-19(26)21-16-18(25)22(2)15-7-5-4-6-14(15)17(24)23(16)3/h4-11,16H,1-3H3,(H2,20,21,26). The highest BCUT2D eigenvalue weighted by Crippen LogP contribution is 2.25. The highest BCUT2D eigenvalue weighted by molar-refractivity contribution is 6.11. The van der Waals surface area contributed by atoms with Crippen molar-refractivity contribution in [2.45, 2.75) is 13.1 Å². The van der Waals surface area contributed by atoms with E-state index < -0.39 is 18.1 Å². The molecule has 1 aliphatic rings. The summed E-state index contributed by atoms with van der Waals surface area (Å²) in [4.78, 5) is 40.4. The molecule has 0 aromatic heterocycles. The maximum atomic E-state index is 12.8. The molecule has 0 radical (unpaired) electrons. The van der Waals surface area contributed by atoms with E-state index in [-0.39, 0.29) is 5.91 Å². The Hall–Kier alpha value is -3.35. The molecular weight excluding hydrogens is 332 g/mol. The molecule has 0 bridgehead atoms. The number of nitrogens with zero attached hydrogens (tertiary/aromatic N) is 2. The zero-order chi connectivity index (χ0) is 18.8. The topological polar surface area (TPSA) is 81.8 Å². The summed E-state index contributed by atoms with van der Waals surface area (Å²) < 4.78 is 0. The SMILES string of the molecule is Cc1ccc(NC(=O)NC2C(=O)N(C)c3ccccc3C(=O)N2C)cc1. The van der Waals surface area contributed by atoms with Crippen LogP contribution in [0.2, 0.25) is 0 Å². The van der Waals surface area contributed by atoms with E-state index in [0.29, 0.717) is 16.9 Å². The lowest BCUT2D eigenvalue weighted by atomic mass is 10.1. The van der Waals surface area contributed by atoms with E-state index >= 15 is 0 Å². The lowest BCUT2D eigenvalue weighted by Gasteiger charge is -2.27. The molecule has 26 heavy (non-hydrogen) atoms. The van der Waals surface area contributed by atoms with Crippen molar-refractivity contribution in [3.63, 3.8) is 0 Å². The maximum absolute atomic E-state index is 12.8. The van der Waals surface area contributed by atoms with E-state index in [4.69, 9.17) is 0 Å². The van der Waals surface area contributed by atoms with E-state index in [0.717, 1.165) is 5.56 Å². The second-order valence-corrected chi connectivity index (χ2v) is 6.20. The van der Waals surface area contributed by atoms with Crippen molar-refractivity contribution in [2.24, 2.45) is 0 Å². The Morgan fingerprint density at radius 2 is 1.65 bits per heavy atom. The number of nitrogens with one attached hydrogen (secondary N) is 2. The van der Waals surface area contributed by atoms with Crippen molar-refractivity contribution in [3.05, 3.63) is 59.7 Å². The Bertz CT molecular complexity index is 863. The van der Waals surface area contributed by atoms with Crippen LogP contribution < -0.4 is 15.5 Å². The van der Waals surface area contributed by atoms with Gasteiger partial charge in [-0.25, -0.2) is 4.79 Å². The number of para-hydroxylation sites is 1. The van der Waals surface area contributed by atoms with Crippen molar-refractivity contribution >= 4 is 29.2 Å². The van der Waals surface area contributed by atoms with Gasteiger partial charge in [-0.1, -0.05) is 29.8 Å². The molecule has 4 amide bonds. The summed E-state index contributed by atoms with van der Waals surface area (Å²) in [6.45, 7) is 1.95. The first-order valence-corrected chi connectivity index (χ1v) is 8.16. The predicted molar refractivity (Wildman–Crippen MR) is 99.1 cm³/mol. The third-order valence-corrected chi connectivity index (χ3v) is 4.35. The van der Waals surface area contributed by atoms with Gasteiger partial charge in [-0.05, 0) is 31.2 Å². The summed E-state index contributed by atoms with van der Waals surface area (Å²) in [5, 5.41) is 5.25. The summed E-state index contributed by atoms with van der Waals surface area (Å²) in [6.07, 6.45) is -1.11. The lowest BCUT2D eigenvalue weighted by Crippen LogP contribution is -2.56. The molecule has 0 spiro atoms. The molecule has 3 rings (SSSR count). The van der Waals surface area contributed by atoms with E-state index in [1.807, 2.05) is 19.1 Å². The van der Waals surface area contributed by atoms with Crippen LogP contribution in [0.5, 0.6) is 0 Å². The Morgan fingerprint density at radius 3 is 2.35 bits per heavy atom. The number of hydrogen-bond donors (Lipinski definition) is 2. The molecule has 2 aromatic rings. The van der Waals surface area contributed by atoms with Gasteiger partial charge in [-0.3, -0.25) is 9.59 Å². The average molecular weight is 352 g/mol. The number of hydrogen-bond acceptors (Lipinski definition) is 3. The molecule has 7 nitrogen and oxygen atoms in total. The number of anilines is 2. The molecule has 7 heteroatoms. The highest BCUT2D eigenvalue weighted by atomic mass is 16.2. The normalized spacial score (nSPS) is 16.8. The minimum absolute atomic E-state index is 0.334. The molecule has 1 heterocycles. The number of rotatable bonds is 2. The Balaban J connectivity index is 1.81. The molecule has 0 saturated heterocycles. The minimum Gasteiger partial charge on any atom is -0.313 e. The summed E-state index contributed by atoms with van der Waals surface area (Å²) in [5.41, 5.74) is 2.59. The number of likely N-dealkylation sites (N-methyl/N-ethyl adjacent to an activating group) is 2. The number of benzene rings is 2. The second kappa shape index (κ2) is 6.87. The van der Waals surface area contributed by atoms with E-state index in [1.54, 1.807) is 43.4 Å². The molecule has 0 fully saturated rings. The van der Waals surface area contributed by atoms with Crippen LogP contribution >= 0.6 is 0 Å². The van der Waals surface area contributed by atoms with Crippen molar-refractivity contribution in [1.29, 1.82) is 0 Å². The number of carbonyl (C=O) groups is 3. The quantitative estimate of drug-likeness (QED) is 0.869. The van der Waals surface area contributed by atoms with Crippen LogP contribution in [-0.4, -0.2) is 43.0 Å². The van der Waals surface area contributed by atoms with Crippen LogP contribution in [0.3, 0.4) is 0 Å². The third kappa shape index (κ3) is 3.23. The summed E-state index contributed by atoms with van der Waals surface area (Å²) >= 11 is 0. The first-order valence-electron chi connectivity index (χ1n) is 8.16. The molecular formula is C19H20N4O3. The Morgan fingerprint density at radius 1 is 1.00 bits per heavy atom. The zero-order valence-corrected chi connectivity index (χ0v) is 14.8. The van der Waals surface area contributed by atoms with Crippen LogP contribution in [-0.2, 0) is 4.79 Å². The fraction of sp³-hybridized carbons (Fsp3) is 0.211. The summed E-state index contributed by atoms with van der Waals surface area (Å²) in [6, 6.07) is 13.6. The molecule has 134 valence electrons. The first-order chi connectivity index (χ1) is 12.4. The van der Waals surface area contributed by atoms with Crippen molar-refractivity contribution < 1.29 is 14.4 Å². The van der Waals surface area contributed by atoms with Crippen LogP contribution in [0.15, 0.2) is 48.5 Å². The largest absolute Gasteiger partial charge is 0.321 e. The summed E-state index contributed by atoms with van der Waals surface area (Å²) in [7, 11) is 3.08. The molecule has 0 aliphatic carbocycles. The molecule has 1 atom stereocenters. The fourth-order valence-electron chi connectivity index (χ4n) is 2.81. The van der Waals surface area contributed by atoms with E-state index in [1.165, 1.54) is 16.8 Å². The minimum atomic E-state index is -1.11. The fourth-order valence-corrected chi connectivity index (χ4v) is 2.81. The van der Waals surface area contributed by atoms with Crippen LogP contribution in [0.25, 0.3) is 0 Å². The summed E-state index contributed by atoms with van der Waals surface area (Å²) in [5.74, 6) is -0.733. The van der Waals surface area contributed by atoms with Gasteiger partial charge in [0.05, 0.1) is 11.3 Å². The monoisotopic (exact) mass is 352 g/mol. The van der Waals surface area contributed by atoms with Gasteiger partial charge in [0.1, 0.15) is 0 Å². The second-order valence-electron chi connectivity index (χ2n) is 6.20. The molecule has 1 aliphatic heterocycles. The van der Waals surface area contributed by atoms with Crippen molar-refractivity contribution in [1.82, 2.24) is 10.2 Å². The number of amides is 4. The van der Waals surface area contributed by atoms with Gasteiger partial charge in [0.15, 0.2) is 6.17 Å². The van der Waals surface area contributed by atoms with Gasteiger partial charge in [0, 0.05) is 19.8 Å².